The van der Waals surface area contributed by atoms with Crippen LogP contribution in [0.25, 0.3) is 0 Å². The van der Waals surface area contributed by atoms with Crippen molar-refractivity contribution in [3.8, 4) is 0 Å². The Morgan fingerprint density at radius 2 is 1.96 bits per heavy atom. The molecule has 4 rings (SSSR count). The number of nitrogens with zero attached hydrogens (tertiary/aromatic N) is 3. The zero-order valence-electron chi connectivity index (χ0n) is 15.7. The quantitative estimate of drug-likeness (QED) is 0.831. The zero-order chi connectivity index (χ0) is 18.0. The molecule has 1 aromatic rings. The molecule has 1 atom stereocenters. The molecular formula is C20H29N3O3. The number of rotatable bonds is 3. The van der Waals surface area contributed by atoms with Gasteiger partial charge in [-0.2, -0.15) is 0 Å². The Morgan fingerprint density at radius 1 is 1.19 bits per heavy atom. The highest BCUT2D eigenvalue weighted by molar-refractivity contribution is 5.92. The van der Waals surface area contributed by atoms with E-state index in [9.17, 15) is 4.79 Å². The highest BCUT2D eigenvalue weighted by atomic mass is 16.7. The van der Waals surface area contributed by atoms with Gasteiger partial charge in [0.1, 0.15) is 5.69 Å². The fraction of sp³-hybridized carbons (Fsp3) is 0.700. The van der Waals surface area contributed by atoms with E-state index in [4.69, 9.17) is 9.47 Å². The number of ether oxygens (including phenoxy) is 2. The number of likely N-dealkylation sites (tertiary alicyclic amines) is 1. The summed E-state index contributed by atoms with van der Waals surface area (Å²) in [6, 6.07) is 4.27. The number of amides is 1. The molecule has 0 N–H and O–H groups in total. The fourth-order valence-electron chi connectivity index (χ4n) is 4.43. The number of piperidine rings is 2. The lowest BCUT2D eigenvalue weighted by Crippen LogP contribution is -2.45. The number of hydrogen-bond acceptors (Lipinski definition) is 5. The van der Waals surface area contributed by atoms with E-state index in [0.717, 1.165) is 57.4 Å². The average molecular weight is 359 g/mol. The van der Waals surface area contributed by atoms with E-state index in [1.807, 2.05) is 23.2 Å². The van der Waals surface area contributed by atoms with E-state index in [1.165, 1.54) is 6.42 Å². The molecule has 3 aliphatic heterocycles. The summed E-state index contributed by atoms with van der Waals surface area (Å²) < 4.78 is 11.6. The predicted octanol–water partition coefficient (Wildman–Crippen LogP) is 2.83. The van der Waals surface area contributed by atoms with Gasteiger partial charge in [-0.25, -0.2) is 4.98 Å². The van der Waals surface area contributed by atoms with Crippen molar-refractivity contribution >= 4 is 11.6 Å². The molecule has 0 aliphatic carbocycles. The number of carbonyl (C=O) groups is 1. The molecule has 3 saturated heterocycles. The van der Waals surface area contributed by atoms with Gasteiger partial charge in [-0.1, -0.05) is 6.92 Å². The van der Waals surface area contributed by atoms with E-state index < -0.39 is 0 Å². The lowest BCUT2D eigenvalue weighted by atomic mass is 9.99. The molecule has 0 saturated carbocycles. The maximum Gasteiger partial charge on any atom is 0.272 e. The summed E-state index contributed by atoms with van der Waals surface area (Å²) in [5.74, 6) is -0.281. The summed E-state index contributed by atoms with van der Waals surface area (Å²) >= 11 is 0. The first kappa shape index (κ1) is 17.7. The lowest BCUT2D eigenvalue weighted by molar-refractivity contribution is -0.169. The van der Waals surface area contributed by atoms with Gasteiger partial charge in [0.2, 0.25) is 0 Å². The second-order valence-corrected chi connectivity index (χ2v) is 7.55. The minimum Gasteiger partial charge on any atom is -0.370 e. The molecule has 4 heterocycles. The highest BCUT2D eigenvalue weighted by Crippen LogP contribution is 2.33. The minimum absolute atomic E-state index is 0.0773. The van der Waals surface area contributed by atoms with Crippen LogP contribution in [0.5, 0.6) is 0 Å². The molecule has 3 aliphatic rings. The smallest absolute Gasteiger partial charge is 0.272 e. The van der Waals surface area contributed by atoms with Crippen molar-refractivity contribution in [3.05, 3.63) is 24.0 Å². The summed E-state index contributed by atoms with van der Waals surface area (Å²) in [5.41, 5.74) is 1.63. The largest absolute Gasteiger partial charge is 0.370 e. The third kappa shape index (κ3) is 3.45. The van der Waals surface area contributed by atoms with E-state index in [0.29, 0.717) is 24.9 Å². The molecule has 0 radical (unpaired) electrons. The number of anilines is 1. The van der Waals surface area contributed by atoms with Gasteiger partial charge in [-0.3, -0.25) is 4.79 Å². The summed E-state index contributed by atoms with van der Waals surface area (Å²) in [6.07, 6.45) is 8.04. The van der Waals surface area contributed by atoms with E-state index >= 15 is 0 Å². The molecule has 142 valence electrons. The minimum atomic E-state index is -0.358. The molecule has 3 fully saturated rings. The Morgan fingerprint density at radius 3 is 2.62 bits per heavy atom. The maximum absolute atomic E-state index is 12.8. The number of carbonyl (C=O) groups excluding carboxylic acids is 1. The van der Waals surface area contributed by atoms with Gasteiger partial charge >= 0.3 is 0 Å². The zero-order valence-corrected chi connectivity index (χ0v) is 15.7. The summed E-state index contributed by atoms with van der Waals surface area (Å²) in [4.78, 5) is 21.7. The van der Waals surface area contributed by atoms with Gasteiger partial charge in [0.15, 0.2) is 5.79 Å². The molecule has 26 heavy (non-hydrogen) atoms. The third-order valence-corrected chi connectivity index (χ3v) is 6.03. The van der Waals surface area contributed by atoms with Crippen LogP contribution in [-0.4, -0.2) is 60.5 Å². The maximum atomic E-state index is 12.8. The number of pyridine rings is 1. The van der Waals surface area contributed by atoms with E-state index in [1.54, 1.807) is 0 Å². The molecule has 1 aromatic heterocycles. The summed E-state index contributed by atoms with van der Waals surface area (Å²) in [6.45, 7) is 6.20. The van der Waals surface area contributed by atoms with E-state index in [2.05, 4.69) is 16.8 Å². The van der Waals surface area contributed by atoms with Crippen molar-refractivity contribution in [1.82, 2.24) is 9.88 Å². The predicted molar refractivity (Wildman–Crippen MR) is 99.3 cm³/mol. The molecule has 0 aromatic carbocycles. The van der Waals surface area contributed by atoms with Crippen LogP contribution in [0.3, 0.4) is 0 Å². The first-order chi connectivity index (χ1) is 12.7. The second-order valence-electron chi connectivity index (χ2n) is 7.55. The van der Waals surface area contributed by atoms with Crippen molar-refractivity contribution < 1.29 is 14.3 Å². The Labute approximate surface area is 155 Å². The molecule has 0 bridgehead atoms. The van der Waals surface area contributed by atoms with E-state index in [-0.39, 0.29) is 11.7 Å². The highest BCUT2D eigenvalue weighted by Gasteiger charge is 2.39. The topological polar surface area (TPSA) is 54.9 Å². The average Bonchev–Trinajstić information content (AvgIpc) is 3.16. The van der Waals surface area contributed by atoms with Crippen LogP contribution in [0.2, 0.25) is 0 Å². The molecule has 1 amide bonds. The Kier molecular flexibility index (Phi) is 5.14. The van der Waals surface area contributed by atoms with Crippen LogP contribution in [-0.2, 0) is 9.47 Å². The molecular weight excluding hydrogens is 330 g/mol. The van der Waals surface area contributed by atoms with Crippen molar-refractivity contribution in [2.75, 3.05) is 37.7 Å². The van der Waals surface area contributed by atoms with Crippen LogP contribution in [0.1, 0.15) is 55.9 Å². The van der Waals surface area contributed by atoms with Gasteiger partial charge in [0.05, 0.1) is 25.1 Å². The molecule has 1 spiro atoms. The van der Waals surface area contributed by atoms with Crippen molar-refractivity contribution in [2.24, 2.45) is 0 Å². The van der Waals surface area contributed by atoms with Gasteiger partial charge < -0.3 is 19.3 Å². The molecule has 1 unspecified atom stereocenters. The van der Waals surface area contributed by atoms with Crippen LogP contribution < -0.4 is 4.90 Å². The van der Waals surface area contributed by atoms with Gasteiger partial charge in [0.25, 0.3) is 5.91 Å². The standard InChI is InChI=1S/C20H29N3O3/c1-2-16-5-3-4-10-23(16)19(24)18-7-6-17(15-21-18)22-11-8-20(9-12-22)25-13-14-26-20/h6-7,15-16H,2-5,8-14H2,1H3. The van der Waals surface area contributed by atoms with Crippen molar-refractivity contribution in [3.63, 3.8) is 0 Å². The Hall–Kier alpha value is -1.66. The van der Waals surface area contributed by atoms with Crippen LogP contribution in [0.4, 0.5) is 5.69 Å². The van der Waals surface area contributed by atoms with Crippen molar-refractivity contribution in [2.45, 2.75) is 57.3 Å². The molecule has 6 nitrogen and oxygen atoms in total. The van der Waals surface area contributed by atoms with Gasteiger partial charge in [0, 0.05) is 38.5 Å². The Bertz CT molecular complexity index is 618. The normalized spacial score (nSPS) is 25.7. The number of hydrogen-bond donors (Lipinski definition) is 0. The van der Waals surface area contributed by atoms with Crippen LogP contribution >= 0.6 is 0 Å². The monoisotopic (exact) mass is 359 g/mol. The lowest BCUT2D eigenvalue weighted by Gasteiger charge is -2.38. The Balaban J connectivity index is 1.40. The SMILES string of the molecule is CCC1CCCCN1C(=O)c1ccc(N2CCC3(CC2)OCCO3)cn1. The van der Waals surface area contributed by atoms with Gasteiger partial charge in [-0.05, 0) is 37.8 Å². The van der Waals surface area contributed by atoms with Crippen molar-refractivity contribution in [1.29, 1.82) is 0 Å². The molecule has 6 heteroatoms. The number of aromatic nitrogens is 1. The van der Waals surface area contributed by atoms with Crippen LogP contribution in [0, 0.1) is 0 Å². The van der Waals surface area contributed by atoms with Crippen LogP contribution in [0.15, 0.2) is 18.3 Å². The second kappa shape index (κ2) is 7.53. The fourth-order valence-corrected chi connectivity index (χ4v) is 4.43. The summed E-state index contributed by atoms with van der Waals surface area (Å²) in [7, 11) is 0. The summed E-state index contributed by atoms with van der Waals surface area (Å²) in [5, 5.41) is 0. The third-order valence-electron chi connectivity index (χ3n) is 6.03. The first-order valence-electron chi connectivity index (χ1n) is 10.0. The first-order valence-corrected chi connectivity index (χ1v) is 10.0. The van der Waals surface area contributed by atoms with Gasteiger partial charge in [-0.15, -0.1) is 0 Å².